The second kappa shape index (κ2) is 26.9. The molecule has 5 aliphatic heterocycles. The molecule has 0 spiro atoms. The molecule has 1 aromatic heterocycles. The van der Waals surface area contributed by atoms with Gasteiger partial charge in [-0.3, -0.25) is 14.6 Å². The summed E-state index contributed by atoms with van der Waals surface area (Å²) in [6.07, 6.45) is -8.90. The van der Waals surface area contributed by atoms with Gasteiger partial charge in [-0.1, -0.05) is 26.0 Å². The summed E-state index contributed by atoms with van der Waals surface area (Å²) in [6, 6.07) is 3.66. The summed E-state index contributed by atoms with van der Waals surface area (Å²) < 4.78 is 72.1. The third-order valence-electron chi connectivity index (χ3n) is 17.4. The highest BCUT2D eigenvalue weighted by Gasteiger charge is 2.53. The van der Waals surface area contributed by atoms with Crippen LogP contribution in [0.15, 0.2) is 24.4 Å². The predicted molar refractivity (Wildman–Crippen MR) is 290 cm³/mol. The van der Waals surface area contributed by atoms with Gasteiger partial charge in [0.15, 0.2) is 12.6 Å². The second-order valence-electron chi connectivity index (χ2n) is 24.0. The average Bonchev–Trinajstić information content (AvgIpc) is 4.03. The summed E-state index contributed by atoms with van der Waals surface area (Å²) in [5.41, 5.74) is -3.19. The molecule has 5 fully saturated rings. The Labute approximate surface area is 470 Å². The van der Waals surface area contributed by atoms with Gasteiger partial charge in [-0.05, 0) is 106 Å². The quantitative estimate of drug-likeness (QED) is 0.119. The molecule has 80 heavy (non-hydrogen) atoms. The standard InChI is InChI=1S/C56H92FN7O16/c1-14-44-56(10,71)48(66)36(6)61(12)27-32(2)25-54(8,70)50(34(4)47(35(5)51(68)78-44)79-45-26-55(9,72-13)49(67)37(7)76-45)80-52-46(65)43(23-33(3)75-52)60(11)17-20-74-31-38-28-63(59-58-38)29-40-30-64(53(69)77-40)39-15-16-42(41(57)24-39)62-18-21-73-22-19-62/h15-16,24,28,32-37,40,43-50,52,65-67,70-71H,14,17-23,25-27,29-31H2,1-13H3/t32-,33-,34+,35-,36-,37+,40+,43+,44-,45+,46-,47+,48-,49+,50-,52+,54-,55-,56-/m1/s1. The number of aromatic nitrogens is 3. The van der Waals surface area contributed by atoms with Crippen LogP contribution in [0, 0.1) is 23.6 Å². The van der Waals surface area contributed by atoms with Crippen molar-refractivity contribution < 1.29 is 82.1 Å². The number of anilines is 2. The van der Waals surface area contributed by atoms with Crippen molar-refractivity contribution in [1.82, 2.24) is 24.8 Å². The van der Waals surface area contributed by atoms with Crippen LogP contribution in [0.3, 0.4) is 0 Å². The van der Waals surface area contributed by atoms with Crippen molar-refractivity contribution in [3.63, 3.8) is 0 Å². The highest BCUT2D eigenvalue weighted by atomic mass is 19.1. The fourth-order valence-corrected chi connectivity index (χ4v) is 12.5. The van der Waals surface area contributed by atoms with Gasteiger partial charge in [0.2, 0.25) is 0 Å². The summed E-state index contributed by atoms with van der Waals surface area (Å²) in [7, 11) is 5.19. The molecule has 0 radical (unpaired) electrons. The van der Waals surface area contributed by atoms with Crippen LogP contribution in [-0.2, 0) is 60.6 Å². The minimum atomic E-state index is -1.86. The number of nitrogens with zero attached hydrogens (tertiary/aromatic N) is 7. The largest absolute Gasteiger partial charge is 0.459 e. The van der Waals surface area contributed by atoms with E-state index in [-0.39, 0.29) is 51.5 Å². The number of carbonyl (C=O) groups is 2. The number of likely N-dealkylation sites (N-methyl/N-ethyl adjacent to an activating group) is 2. The molecule has 24 heteroatoms. The van der Waals surface area contributed by atoms with Gasteiger partial charge < -0.3 is 78.0 Å². The second-order valence-corrected chi connectivity index (χ2v) is 24.0. The van der Waals surface area contributed by atoms with Crippen LogP contribution in [0.4, 0.5) is 20.6 Å². The van der Waals surface area contributed by atoms with Crippen LogP contribution in [0.5, 0.6) is 0 Å². The lowest BCUT2D eigenvalue weighted by Gasteiger charge is -2.49. The first-order chi connectivity index (χ1) is 37.7. The Morgan fingerprint density at radius 2 is 1.65 bits per heavy atom. The van der Waals surface area contributed by atoms with E-state index in [1.807, 2.05) is 42.6 Å². The molecule has 0 saturated carbocycles. The lowest BCUT2D eigenvalue weighted by molar-refractivity contribution is -0.318. The van der Waals surface area contributed by atoms with E-state index in [0.717, 1.165) is 0 Å². The van der Waals surface area contributed by atoms with E-state index in [1.165, 1.54) is 25.0 Å². The molecule has 454 valence electrons. The Morgan fingerprint density at radius 3 is 2.33 bits per heavy atom. The molecular formula is C56H92FN7O16. The van der Waals surface area contributed by atoms with Gasteiger partial charge in [0.05, 0.1) is 98.6 Å². The Bertz CT molecular complexity index is 2330. The van der Waals surface area contributed by atoms with Crippen molar-refractivity contribution in [2.45, 2.75) is 204 Å². The fourth-order valence-electron chi connectivity index (χ4n) is 12.5. The molecule has 1 amide bonds. The van der Waals surface area contributed by atoms with Crippen LogP contribution in [0.2, 0.25) is 0 Å². The van der Waals surface area contributed by atoms with Gasteiger partial charge in [0.25, 0.3) is 0 Å². The minimum Gasteiger partial charge on any atom is -0.459 e. The van der Waals surface area contributed by atoms with E-state index in [4.69, 9.17) is 42.6 Å². The monoisotopic (exact) mass is 1140 g/mol. The number of aliphatic hydroxyl groups excluding tert-OH is 3. The summed E-state index contributed by atoms with van der Waals surface area (Å²) in [5, 5.41) is 68.2. The van der Waals surface area contributed by atoms with E-state index in [0.29, 0.717) is 62.9 Å². The van der Waals surface area contributed by atoms with Crippen molar-refractivity contribution in [2.75, 3.05) is 83.5 Å². The zero-order valence-corrected chi connectivity index (χ0v) is 49.2. The molecular weight excluding hydrogens is 1050 g/mol. The predicted octanol–water partition coefficient (Wildman–Crippen LogP) is 3.08. The van der Waals surface area contributed by atoms with Crippen molar-refractivity contribution in [2.24, 2.45) is 17.8 Å². The van der Waals surface area contributed by atoms with Crippen molar-refractivity contribution in [3.8, 4) is 0 Å². The van der Waals surface area contributed by atoms with E-state index < -0.39 is 126 Å². The van der Waals surface area contributed by atoms with Crippen molar-refractivity contribution in [3.05, 3.63) is 35.9 Å². The first-order valence-electron chi connectivity index (χ1n) is 28.5. The van der Waals surface area contributed by atoms with E-state index >= 15 is 4.39 Å². The number of cyclic esters (lactones) is 2. The number of morpholine rings is 1. The molecule has 0 aliphatic carbocycles. The minimum absolute atomic E-state index is 0.0808. The molecule has 5 saturated heterocycles. The molecule has 6 heterocycles. The van der Waals surface area contributed by atoms with E-state index in [1.54, 1.807) is 71.5 Å². The topological polar surface area (TPSA) is 262 Å². The van der Waals surface area contributed by atoms with E-state index in [2.05, 4.69) is 10.3 Å². The molecule has 5 aliphatic rings. The number of halogens is 1. The molecule has 0 unspecified atom stereocenters. The number of ether oxygens (including phenoxy) is 9. The number of benzene rings is 1. The van der Waals surface area contributed by atoms with Gasteiger partial charge in [0, 0.05) is 57.7 Å². The number of aliphatic hydroxyl groups is 5. The number of methoxy groups -OCH3 is 1. The number of amides is 1. The summed E-state index contributed by atoms with van der Waals surface area (Å²) >= 11 is 0. The maximum Gasteiger partial charge on any atom is 0.414 e. The molecule has 23 nitrogen and oxygen atoms in total. The van der Waals surface area contributed by atoms with Crippen LogP contribution in [-0.4, -0.2) is 233 Å². The Morgan fingerprint density at radius 1 is 0.938 bits per heavy atom. The molecule has 19 atom stereocenters. The lowest BCUT2D eigenvalue weighted by Crippen LogP contribution is -2.61. The van der Waals surface area contributed by atoms with Gasteiger partial charge in [-0.25, -0.2) is 13.9 Å². The van der Waals surface area contributed by atoms with E-state index in [9.17, 15) is 35.1 Å². The van der Waals surface area contributed by atoms with Crippen LogP contribution < -0.4 is 9.80 Å². The lowest BCUT2D eigenvalue weighted by atomic mass is 9.77. The van der Waals surface area contributed by atoms with Crippen LogP contribution in [0.1, 0.15) is 101 Å². The third kappa shape index (κ3) is 14.8. The Balaban J connectivity index is 1.02. The van der Waals surface area contributed by atoms with Crippen molar-refractivity contribution in [1.29, 1.82) is 0 Å². The smallest absolute Gasteiger partial charge is 0.414 e. The highest BCUT2D eigenvalue weighted by molar-refractivity contribution is 5.90. The van der Waals surface area contributed by atoms with Gasteiger partial charge in [-0.15, -0.1) is 5.10 Å². The normalized spacial score (nSPS) is 39.5. The maximum absolute atomic E-state index is 15.2. The molecule has 7 rings (SSSR count). The first-order valence-corrected chi connectivity index (χ1v) is 28.5. The maximum atomic E-state index is 15.2. The molecule has 2 aromatic rings. The zero-order valence-electron chi connectivity index (χ0n) is 49.2. The Hall–Kier alpha value is -3.73. The van der Waals surface area contributed by atoms with Gasteiger partial charge in [-0.2, -0.15) is 0 Å². The van der Waals surface area contributed by atoms with Gasteiger partial charge in [0.1, 0.15) is 47.6 Å². The number of carbonyl (C=O) groups excluding carboxylic acids is 2. The highest BCUT2D eigenvalue weighted by Crippen LogP contribution is 2.41. The molecule has 5 N–H and O–H groups in total. The molecule has 0 bridgehead atoms. The summed E-state index contributed by atoms with van der Waals surface area (Å²) in [6.45, 7) is 21.2. The van der Waals surface area contributed by atoms with Crippen LogP contribution in [0.25, 0.3) is 0 Å². The Kier molecular flexibility index (Phi) is 21.5. The SMILES string of the molecule is CC[C@H]1OC(=O)[C@H](C)[C@@H](O[C@H]2C[C@@](C)(OC)[C@@H](O)[C@H](C)O2)[C@H](C)[C@@H](O[C@@H]2O[C@H](C)C[C@H](N(C)CCOCc3cn(C[C@H]4CN(c5ccc(N6CCOCC6)c(F)c5)C(=O)O4)nn3)[C@H]2O)[C@](C)(O)C[C@@H](C)CN(C)[C@H](C)[C@@H](O)[C@]1(C)O. The number of hydrogen-bond donors (Lipinski definition) is 5. The first kappa shape index (κ1) is 63.8. The fraction of sp³-hybridized carbons (Fsp3) is 0.821. The number of rotatable bonds is 16. The average molecular weight is 1140 g/mol. The van der Waals surface area contributed by atoms with Crippen LogP contribution >= 0.6 is 0 Å². The zero-order chi connectivity index (χ0) is 58.6. The van der Waals surface area contributed by atoms with Gasteiger partial charge >= 0.3 is 12.1 Å². The third-order valence-corrected chi connectivity index (χ3v) is 17.4. The number of esters is 1. The summed E-state index contributed by atoms with van der Waals surface area (Å²) in [5.74, 6) is -3.31. The summed E-state index contributed by atoms with van der Waals surface area (Å²) in [4.78, 5) is 34.6. The molecule has 1 aromatic carbocycles. The number of hydrogen-bond acceptors (Lipinski definition) is 21. The van der Waals surface area contributed by atoms with Crippen molar-refractivity contribution >= 4 is 23.4 Å².